The number of dihydropyridines is 1. The highest BCUT2D eigenvalue weighted by Gasteiger charge is 2.34. The van der Waals surface area contributed by atoms with Crippen molar-refractivity contribution >= 4 is 11.6 Å². The zero-order chi connectivity index (χ0) is 22.0. The number of aromatic nitrogens is 1. The highest BCUT2D eigenvalue weighted by molar-refractivity contribution is 6.00. The molecule has 0 saturated carbocycles. The molecule has 3 heterocycles. The lowest BCUT2D eigenvalue weighted by Crippen LogP contribution is -2.46. The first-order chi connectivity index (χ1) is 14.8. The van der Waals surface area contributed by atoms with Crippen molar-refractivity contribution in [1.82, 2.24) is 15.6 Å². The largest absolute Gasteiger partial charge is 0.417 e. The summed E-state index contributed by atoms with van der Waals surface area (Å²) in [7, 11) is 0. The molecule has 1 saturated heterocycles. The van der Waals surface area contributed by atoms with Crippen LogP contribution < -0.4 is 21.3 Å². The molecule has 2 aromatic rings. The van der Waals surface area contributed by atoms with Crippen molar-refractivity contribution in [3.8, 4) is 11.3 Å². The number of nitrogens with one attached hydrogen (secondary N) is 2. The lowest BCUT2D eigenvalue weighted by atomic mass is 10.0. The highest BCUT2D eigenvalue weighted by atomic mass is 19.4. The predicted octanol–water partition coefficient (Wildman–Crippen LogP) is 2.95. The quantitative estimate of drug-likeness (QED) is 0.681. The van der Waals surface area contributed by atoms with E-state index in [2.05, 4.69) is 20.5 Å². The smallest absolute Gasteiger partial charge is 0.372 e. The molecular formula is C22H22F3N5O. The van der Waals surface area contributed by atoms with Crippen molar-refractivity contribution in [2.75, 3.05) is 18.0 Å². The number of hydrogen-bond donors (Lipinski definition) is 3. The van der Waals surface area contributed by atoms with Crippen LogP contribution in [0.1, 0.15) is 16.8 Å². The molecule has 2 aliphatic rings. The molecule has 31 heavy (non-hydrogen) atoms. The van der Waals surface area contributed by atoms with Crippen molar-refractivity contribution in [2.24, 2.45) is 5.73 Å². The first-order valence-corrected chi connectivity index (χ1v) is 9.89. The minimum absolute atomic E-state index is 0.0409. The lowest BCUT2D eigenvalue weighted by molar-refractivity contribution is -0.0888. The van der Waals surface area contributed by atoms with Crippen LogP contribution in [0.4, 0.5) is 18.9 Å². The first-order valence-electron chi connectivity index (χ1n) is 9.89. The van der Waals surface area contributed by atoms with E-state index >= 15 is 0 Å². The van der Waals surface area contributed by atoms with Gasteiger partial charge in [-0.05, 0) is 42.8 Å². The van der Waals surface area contributed by atoms with Gasteiger partial charge in [0.05, 0.1) is 23.0 Å². The Kier molecular flexibility index (Phi) is 5.69. The molecule has 1 fully saturated rings. The third kappa shape index (κ3) is 4.72. The molecule has 6 nitrogen and oxygen atoms in total. The second kappa shape index (κ2) is 8.43. The molecule has 1 aromatic carbocycles. The van der Waals surface area contributed by atoms with Gasteiger partial charge in [-0.25, -0.2) is 0 Å². The van der Waals surface area contributed by atoms with Gasteiger partial charge in [0.1, 0.15) is 0 Å². The van der Waals surface area contributed by atoms with Crippen LogP contribution in [0, 0.1) is 0 Å². The van der Waals surface area contributed by atoms with Crippen LogP contribution in [0.3, 0.4) is 0 Å². The Balaban J connectivity index is 1.44. The first kappa shape index (κ1) is 20.9. The Bertz CT molecular complexity index is 1020. The molecule has 2 aliphatic heterocycles. The predicted molar refractivity (Wildman–Crippen MR) is 112 cm³/mol. The number of carbonyl (C=O) groups excluding carboxylic acids is 1. The highest BCUT2D eigenvalue weighted by Crippen LogP contribution is 2.30. The van der Waals surface area contributed by atoms with Crippen LogP contribution in [-0.4, -0.2) is 42.4 Å². The normalized spacial score (nSPS) is 21.0. The van der Waals surface area contributed by atoms with Crippen LogP contribution in [0.15, 0.2) is 66.5 Å². The Morgan fingerprint density at radius 3 is 2.74 bits per heavy atom. The maximum atomic E-state index is 12.7. The van der Waals surface area contributed by atoms with Gasteiger partial charge in [0.15, 0.2) is 0 Å². The molecule has 2 atom stereocenters. The summed E-state index contributed by atoms with van der Waals surface area (Å²) < 4.78 is 38.2. The fourth-order valence-electron chi connectivity index (χ4n) is 3.83. The number of alkyl halides is 3. The van der Waals surface area contributed by atoms with E-state index in [-0.39, 0.29) is 6.04 Å². The number of hydrogen-bond acceptors (Lipinski definition) is 5. The Morgan fingerprint density at radius 1 is 1.26 bits per heavy atom. The van der Waals surface area contributed by atoms with Crippen LogP contribution in [-0.2, 0) is 0 Å². The van der Waals surface area contributed by atoms with Crippen LogP contribution in [0.2, 0.25) is 0 Å². The number of benzene rings is 1. The summed E-state index contributed by atoms with van der Waals surface area (Å²) in [6, 6.07) is 11.1. The van der Waals surface area contributed by atoms with Gasteiger partial charge < -0.3 is 16.0 Å². The van der Waals surface area contributed by atoms with E-state index < -0.39 is 23.8 Å². The molecule has 0 bridgehead atoms. The van der Waals surface area contributed by atoms with Gasteiger partial charge in [0, 0.05) is 42.8 Å². The second-order valence-electron chi connectivity index (χ2n) is 7.51. The summed E-state index contributed by atoms with van der Waals surface area (Å²) in [6.07, 6.45) is 1.21. The van der Waals surface area contributed by atoms with E-state index in [0.29, 0.717) is 18.7 Å². The number of rotatable bonds is 5. The summed E-state index contributed by atoms with van der Waals surface area (Å²) in [4.78, 5) is 18.5. The van der Waals surface area contributed by atoms with E-state index in [9.17, 15) is 18.0 Å². The third-order valence-corrected chi connectivity index (χ3v) is 5.38. The number of pyridine rings is 1. The Labute approximate surface area is 177 Å². The van der Waals surface area contributed by atoms with Crippen LogP contribution in [0.5, 0.6) is 0 Å². The van der Waals surface area contributed by atoms with Crippen LogP contribution in [0.25, 0.3) is 11.3 Å². The summed E-state index contributed by atoms with van der Waals surface area (Å²) in [5, 5.41) is 6.03. The number of nitrogens with zero attached hydrogens (tertiary/aromatic N) is 2. The molecule has 4 rings (SSSR count). The summed E-state index contributed by atoms with van der Waals surface area (Å²) in [6.45, 7) is 1.30. The topological polar surface area (TPSA) is 83.3 Å². The standard InChI is InChI=1S/C22H22F3N5O/c23-22(24,25)15-5-7-20(28-12-15)29-16-8-10-30(13-16)19-6-4-14(11-17(19)21(26)31)18-3-1-2-9-27-18/h1-7,9,11-12,16,20,28-29H,8,10,13H2,(H2,26,31). The molecular weight excluding hydrogens is 407 g/mol. The van der Waals surface area contributed by atoms with E-state index in [1.807, 2.05) is 30.3 Å². The fourth-order valence-corrected chi connectivity index (χ4v) is 3.83. The number of primary amides is 1. The summed E-state index contributed by atoms with van der Waals surface area (Å²) in [5.41, 5.74) is 7.64. The van der Waals surface area contributed by atoms with Crippen molar-refractivity contribution in [1.29, 1.82) is 0 Å². The van der Waals surface area contributed by atoms with Crippen molar-refractivity contribution in [2.45, 2.75) is 24.8 Å². The molecule has 0 radical (unpaired) electrons. The van der Waals surface area contributed by atoms with E-state index in [1.54, 1.807) is 12.3 Å². The van der Waals surface area contributed by atoms with Crippen LogP contribution >= 0.6 is 0 Å². The number of halogens is 3. The fraction of sp³-hybridized carbons (Fsp3) is 0.273. The van der Waals surface area contributed by atoms with E-state index in [1.165, 1.54) is 6.08 Å². The zero-order valence-corrected chi connectivity index (χ0v) is 16.6. The average Bonchev–Trinajstić information content (AvgIpc) is 3.22. The molecule has 162 valence electrons. The van der Waals surface area contributed by atoms with Gasteiger partial charge >= 0.3 is 6.18 Å². The number of nitrogens with two attached hydrogens (primary N) is 1. The number of carbonyl (C=O) groups is 1. The molecule has 1 aromatic heterocycles. The van der Waals surface area contributed by atoms with Gasteiger partial charge in [-0.15, -0.1) is 0 Å². The van der Waals surface area contributed by atoms with Gasteiger partial charge in [-0.3, -0.25) is 15.1 Å². The average molecular weight is 429 g/mol. The molecule has 0 aliphatic carbocycles. The number of allylic oxidation sites excluding steroid dienone is 2. The third-order valence-electron chi connectivity index (χ3n) is 5.38. The molecule has 4 N–H and O–H groups in total. The van der Waals surface area contributed by atoms with Crippen molar-refractivity contribution < 1.29 is 18.0 Å². The monoisotopic (exact) mass is 429 g/mol. The summed E-state index contributed by atoms with van der Waals surface area (Å²) in [5.74, 6) is -0.522. The number of amides is 1. The maximum Gasteiger partial charge on any atom is 0.417 e. The molecule has 2 unspecified atom stereocenters. The minimum Gasteiger partial charge on any atom is -0.372 e. The molecule has 0 spiro atoms. The Morgan fingerprint density at radius 2 is 2.10 bits per heavy atom. The second-order valence-corrected chi connectivity index (χ2v) is 7.51. The molecule has 1 amide bonds. The summed E-state index contributed by atoms with van der Waals surface area (Å²) >= 11 is 0. The van der Waals surface area contributed by atoms with E-state index in [4.69, 9.17) is 5.73 Å². The lowest BCUT2D eigenvalue weighted by Gasteiger charge is -2.25. The Hall–Kier alpha value is -3.33. The van der Waals surface area contributed by atoms with Gasteiger partial charge in [-0.1, -0.05) is 12.1 Å². The maximum absolute atomic E-state index is 12.7. The van der Waals surface area contributed by atoms with Gasteiger partial charge in [0.25, 0.3) is 5.91 Å². The minimum atomic E-state index is -4.37. The van der Waals surface area contributed by atoms with Gasteiger partial charge in [0.2, 0.25) is 0 Å². The van der Waals surface area contributed by atoms with E-state index in [0.717, 1.165) is 35.6 Å². The zero-order valence-electron chi connectivity index (χ0n) is 16.6. The van der Waals surface area contributed by atoms with Crippen molar-refractivity contribution in [3.05, 3.63) is 72.1 Å². The molecule has 9 heteroatoms. The SMILES string of the molecule is NC(=O)c1cc(-c2ccccn2)ccc1N1CCC(NC2C=CC(C(F)(F)F)=CN2)C1. The van der Waals surface area contributed by atoms with Gasteiger partial charge in [-0.2, -0.15) is 13.2 Å². The number of anilines is 1. The van der Waals surface area contributed by atoms with Crippen molar-refractivity contribution in [3.63, 3.8) is 0 Å².